The van der Waals surface area contributed by atoms with Gasteiger partial charge in [-0.3, -0.25) is 25.4 Å². The summed E-state index contributed by atoms with van der Waals surface area (Å²) in [7, 11) is 0. The van der Waals surface area contributed by atoms with Crippen molar-refractivity contribution in [1.29, 1.82) is 0 Å². The van der Waals surface area contributed by atoms with Crippen molar-refractivity contribution in [3.05, 3.63) is 89.2 Å². The summed E-state index contributed by atoms with van der Waals surface area (Å²) in [5, 5.41) is 0. The third kappa shape index (κ3) is 45.9. The quantitative estimate of drug-likeness (QED) is 0.0332. The lowest BCUT2D eigenvalue weighted by Crippen LogP contribution is -2.41. The molecule has 31 nitrogen and oxygen atoms in total. The van der Waals surface area contributed by atoms with Crippen LogP contribution in [0.2, 0.25) is 0 Å². The highest BCUT2D eigenvalue weighted by atomic mass is 16.6. The van der Waals surface area contributed by atoms with E-state index in [1.54, 1.807) is 30.3 Å². The van der Waals surface area contributed by atoms with Crippen LogP contribution in [0.1, 0.15) is 73.4 Å². The minimum atomic E-state index is -0.688. The van der Waals surface area contributed by atoms with Gasteiger partial charge in [-0.1, -0.05) is 0 Å². The van der Waals surface area contributed by atoms with Crippen molar-refractivity contribution in [3.63, 3.8) is 0 Å². The maximum Gasteiger partial charge on any atom is 0.269 e. The molecule has 0 saturated carbocycles. The third-order valence-corrected chi connectivity index (χ3v) is 13.9. The van der Waals surface area contributed by atoms with Crippen LogP contribution >= 0.6 is 0 Å². The smallest absolute Gasteiger partial charge is 0.269 e. The summed E-state index contributed by atoms with van der Waals surface area (Å²) in [5.41, 5.74) is 6.48. The van der Waals surface area contributed by atoms with Gasteiger partial charge in [-0.15, -0.1) is 0 Å². The van der Waals surface area contributed by atoms with Crippen molar-refractivity contribution in [2.75, 3.05) is 277 Å². The van der Waals surface area contributed by atoms with Crippen LogP contribution in [0, 0.1) is 0 Å². The van der Waals surface area contributed by atoms with Crippen LogP contribution in [0.3, 0.4) is 0 Å². The van der Waals surface area contributed by atoms with Crippen molar-refractivity contribution in [3.8, 4) is 46.0 Å². The van der Waals surface area contributed by atoms with Crippen LogP contribution in [-0.2, 0) is 98.5 Å². The number of nitrogens with zero attached hydrogens (tertiary/aromatic N) is 1. The summed E-state index contributed by atoms with van der Waals surface area (Å²) in [5.74, 6) is 1.03. The van der Waals surface area contributed by atoms with Gasteiger partial charge < -0.3 is 123 Å². The van der Waals surface area contributed by atoms with Crippen molar-refractivity contribution >= 4 is 11.8 Å². The van der Waals surface area contributed by atoms with Crippen LogP contribution in [0.15, 0.2) is 67.0 Å². The zero-order valence-electron chi connectivity index (χ0n) is 63.3. The molecule has 106 heavy (non-hydrogen) atoms. The molecule has 2 N–H and O–H groups in total. The molecule has 1 heterocycles. The van der Waals surface area contributed by atoms with E-state index >= 15 is 0 Å². The van der Waals surface area contributed by atoms with E-state index < -0.39 is 11.8 Å². The van der Waals surface area contributed by atoms with Gasteiger partial charge in [0.25, 0.3) is 11.8 Å². The second kappa shape index (κ2) is 65.5. The topological polar surface area (TPSA) is 311 Å². The number of carbonyl (C=O) groups excluding carboxylic acids is 2. The number of hydrogen-bond donors (Lipinski definition) is 2. The van der Waals surface area contributed by atoms with Crippen LogP contribution in [0.25, 0.3) is 0 Å². The number of amides is 2. The van der Waals surface area contributed by atoms with Gasteiger partial charge in [0, 0.05) is 69.2 Å². The lowest BCUT2D eigenvalue weighted by Gasteiger charge is -2.20. The Morgan fingerprint density at radius 3 is 0.717 bits per heavy atom. The molecule has 3 aromatic carbocycles. The van der Waals surface area contributed by atoms with Crippen LogP contribution in [-0.4, -0.2) is 294 Å². The minimum absolute atomic E-state index is 0.0634. The van der Waals surface area contributed by atoms with E-state index in [1.165, 1.54) is 36.7 Å². The molecule has 602 valence electrons. The summed E-state index contributed by atoms with van der Waals surface area (Å²) in [6, 6.07) is 14.8. The zero-order valence-corrected chi connectivity index (χ0v) is 63.3. The monoisotopic (exact) mass is 1510 g/mol. The molecule has 0 spiro atoms. The van der Waals surface area contributed by atoms with Gasteiger partial charge in [0.1, 0.15) is 64.4 Å². The first-order valence-corrected chi connectivity index (χ1v) is 36.7. The lowest BCUT2D eigenvalue weighted by atomic mass is 10.1. The highest BCUT2D eigenvalue weighted by molar-refractivity contribution is 5.99. The van der Waals surface area contributed by atoms with Crippen molar-refractivity contribution in [1.82, 2.24) is 15.8 Å². The fraction of sp³-hybridized carbons (Fsp3) is 0.667. The number of aromatic nitrogens is 1. The molecule has 4 rings (SSSR count). The Balaban J connectivity index is 1.70. The predicted molar refractivity (Wildman–Crippen MR) is 389 cm³/mol. The number of benzene rings is 3. The molecule has 2 amide bonds. The molecule has 0 aliphatic carbocycles. The number of nitrogens with one attached hydrogen (secondary N) is 2. The van der Waals surface area contributed by atoms with Gasteiger partial charge in [0.15, 0.2) is 23.0 Å². The Bertz CT molecular complexity index is 2530. The van der Waals surface area contributed by atoms with E-state index in [9.17, 15) is 9.59 Å². The van der Waals surface area contributed by atoms with Gasteiger partial charge in [0.2, 0.25) is 11.5 Å². The number of pyridine rings is 1. The van der Waals surface area contributed by atoms with Gasteiger partial charge in [0.05, 0.1) is 198 Å². The Hall–Kier alpha value is -6.57. The van der Waals surface area contributed by atoms with Crippen molar-refractivity contribution < 1.29 is 133 Å². The molecule has 0 aliphatic heterocycles. The minimum Gasteiger partial charge on any atom is -0.489 e. The Kier molecular flexibility index (Phi) is 56.7. The molecule has 0 fully saturated rings. The maximum absolute atomic E-state index is 14.2. The molecular formula is C75H119N3O28. The third-order valence-electron chi connectivity index (χ3n) is 13.9. The number of carbonyl (C=O) groups is 2. The van der Waals surface area contributed by atoms with E-state index in [-0.39, 0.29) is 115 Å². The molecule has 0 aliphatic rings. The highest BCUT2D eigenvalue weighted by Crippen LogP contribution is 2.41. The fourth-order valence-corrected chi connectivity index (χ4v) is 8.86. The summed E-state index contributed by atoms with van der Waals surface area (Å²) in [6.07, 6.45) is 2.93. The molecule has 4 aromatic rings. The van der Waals surface area contributed by atoms with E-state index in [4.69, 9.17) is 123 Å². The predicted octanol–water partition coefficient (Wildman–Crippen LogP) is 7.01. The number of ether oxygens (including phenoxy) is 26. The Morgan fingerprint density at radius 1 is 0.255 bits per heavy atom. The summed E-state index contributed by atoms with van der Waals surface area (Å²) < 4.78 is 153. The average Bonchev–Trinajstić information content (AvgIpc) is 0.813. The standard InChI is InChI=1S/C75H119N3O28/c1-7-81-17-23-87-29-35-93-41-47-99-68-53-62(54-69(100-48-42-94-36-30-88-24-18-82-8-2)72(68)103-51-45-97-39-33-91-27-21-85-11-5)60-105-66-57-65(75(80)78-77-74(79)64-13-15-76-16-14-64)58-67(59-66)106-61-63-55-70(101-49-43-95-37-31-89-25-19-83-9-3)73(104-52-46-98-40-34-92-28-22-86-12-6)71(56-63)102-50-44-96-38-32-90-26-20-84-10-4/h13-16,53-59H,7-12,17-52,60-61H2,1-6H3,(H,77,79)(H,78,80). The molecular weight excluding hydrogens is 1390 g/mol. The number of hydrazine groups is 1. The molecule has 31 heteroatoms. The van der Waals surface area contributed by atoms with Crippen molar-refractivity contribution in [2.24, 2.45) is 0 Å². The van der Waals surface area contributed by atoms with E-state index in [0.717, 1.165) is 0 Å². The van der Waals surface area contributed by atoms with E-state index in [1.807, 2.05) is 41.5 Å². The second-order valence-electron chi connectivity index (χ2n) is 21.9. The first-order chi connectivity index (χ1) is 52.3. The molecule has 0 bridgehead atoms. The Labute approximate surface area is 625 Å². The normalized spacial score (nSPS) is 11.3. The summed E-state index contributed by atoms with van der Waals surface area (Å²) in [6.45, 7) is 26.9. The molecule has 0 radical (unpaired) electrons. The van der Waals surface area contributed by atoms with Gasteiger partial charge in [-0.2, -0.15) is 0 Å². The number of hydrogen-bond acceptors (Lipinski definition) is 29. The zero-order chi connectivity index (χ0) is 75.5. The summed E-state index contributed by atoms with van der Waals surface area (Å²) in [4.78, 5) is 31.4. The van der Waals surface area contributed by atoms with Crippen LogP contribution in [0.5, 0.6) is 46.0 Å². The largest absolute Gasteiger partial charge is 0.489 e. The molecule has 0 atom stereocenters. The maximum atomic E-state index is 14.2. The molecule has 0 unspecified atom stereocenters. The van der Waals surface area contributed by atoms with Crippen LogP contribution < -0.4 is 48.7 Å². The van der Waals surface area contributed by atoms with Crippen LogP contribution in [0.4, 0.5) is 0 Å². The number of rotatable bonds is 74. The summed E-state index contributed by atoms with van der Waals surface area (Å²) >= 11 is 0. The molecule has 0 saturated heterocycles. The van der Waals surface area contributed by atoms with Gasteiger partial charge in [-0.05, 0) is 101 Å². The van der Waals surface area contributed by atoms with E-state index in [0.29, 0.717) is 244 Å². The van der Waals surface area contributed by atoms with Gasteiger partial charge in [-0.25, -0.2) is 0 Å². The molecule has 1 aromatic heterocycles. The van der Waals surface area contributed by atoms with Gasteiger partial charge >= 0.3 is 0 Å². The van der Waals surface area contributed by atoms with E-state index in [2.05, 4.69) is 15.8 Å². The fourth-order valence-electron chi connectivity index (χ4n) is 8.86. The lowest BCUT2D eigenvalue weighted by molar-refractivity contribution is 0.00863. The van der Waals surface area contributed by atoms with Crippen molar-refractivity contribution in [2.45, 2.75) is 54.8 Å². The first kappa shape index (κ1) is 91.8. The SMILES string of the molecule is CCOCCOCCOCCOc1cc(COc2cc(OCc3cc(OCCOCCOCCOCC)c(OCCOCCOCCOCC)c(OCCOCCOCCOCC)c3)cc(C(=O)NNC(=O)c3ccncc3)c2)cc(OCCOCCOCCOCC)c1OCCOCCOCCOCC. The average molecular weight is 1510 g/mol. The highest BCUT2D eigenvalue weighted by Gasteiger charge is 2.21. The first-order valence-electron chi connectivity index (χ1n) is 36.7. The Morgan fingerprint density at radius 2 is 0.472 bits per heavy atom. The second-order valence-corrected chi connectivity index (χ2v) is 21.9.